The standard InChI is InChI=1S/C9H13N3O4S/c1-5(13)6(10)4-11-9(14)7-2-3-8(17-7)12(15)16/h2-3,5-6,13H,4,10H2,1H3,(H,11,14). The van der Waals surface area contributed by atoms with Gasteiger partial charge in [-0.1, -0.05) is 11.3 Å². The Bertz CT molecular complexity index is 418. The van der Waals surface area contributed by atoms with Gasteiger partial charge < -0.3 is 16.2 Å². The minimum atomic E-state index is -0.729. The molecule has 1 amide bonds. The second kappa shape index (κ2) is 5.71. The highest BCUT2D eigenvalue weighted by Gasteiger charge is 2.16. The molecular formula is C9H13N3O4S. The van der Waals surface area contributed by atoms with Gasteiger partial charge in [0.25, 0.3) is 5.91 Å². The van der Waals surface area contributed by atoms with Crippen LogP contribution in [-0.4, -0.2) is 34.6 Å². The maximum absolute atomic E-state index is 11.5. The molecule has 1 aromatic rings. The first-order chi connectivity index (χ1) is 7.91. The van der Waals surface area contributed by atoms with Gasteiger partial charge in [0.15, 0.2) is 0 Å². The van der Waals surface area contributed by atoms with E-state index in [0.29, 0.717) is 0 Å². The Morgan fingerprint density at radius 3 is 2.82 bits per heavy atom. The molecular weight excluding hydrogens is 246 g/mol. The number of rotatable bonds is 5. The van der Waals surface area contributed by atoms with Crippen LogP contribution >= 0.6 is 11.3 Å². The van der Waals surface area contributed by atoms with Gasteiger partial charge >= 0.3 is 5.00 Å². The van der Waals surface area contributed by atoms with Crippen LogP contribution in [-0.2, 0) is 0 Å². The minimum absolute atomic E-state index is 0.0880. The van der Waals surface area contributed by atoms with Crippen molar-refractivity contribution in [1.29, 1.82) is 0 Å². The molecule has 8 heteroatoms. The van der Waals surface area contributed by atoms with E-state index in [1.54, 1.807) is 0 Å². The van der Waals surface area contributed by atoms with Gasteiger partial charge in [-0.2, -0.15) is 0 Å². The van der Waals surface area contributed by atoms with Gasteiger partial charge in [-0.25, -0.2) is 0 Å². The van der Waals surface area contributed by atoms with E-state index in [1.807, 2.05) is 0 Å². The molecule has 17 heavy (non-hydrogen) atoms. The molecule has 0 aliphatic heterocycles. The fraction of sp³-hybridized carbons (Fsp3) is 0.444. The summed E-state index contributed by atoms with van der Waals surface area (Å²) in [6.07, 6.45) is -0.729. The van der Waals surface area contributed by atoms with E-state index in [1.165, 1.54) is 19.1 Å². The summed E-state index contributed by atoms with van der Waals surface area (Å²) >= 11 is 0.795. The second-order valence-electron chi connectivity index (χ2n) is 3.51. The quantitative estimate of drug-likeness (QED) is 0.511. The fourth-order valence-electron chi connectivity index (χ4n) is 1.02. The number of carbonyl (C=O) groups excluding carboxylic acids is 1. The first kappa shape index (κ1) is 13.6. The summed E-state index contributed by atoms with van der Waals surface area (Å²) in [6, 6.07) is 2.09. The first-order valence-electron chi connectivity index (χ1n) is 4.88. The Kier molecular flexibility index (Phi) is 4.55. The Morgan fingerprint density at radius 2 is 2.35 bits per heavy atom. The van der Waals surface area contributed by atoms with Gasteiger partial charge in [0.05, 0.1) is 15.9 Å². The predicted octanol–water partition coefficient (Wildman–Crippen LogP) is 0.0942. The summed E-state index contributed by atoms with van der Waals surface area (Å²) in [6.45, 7) is 1.63. The lowest BCUT2D eigenvalue weighted by Crippen LogP contribution is -2.43. The number of nitro groups is 1. The van der Waals surface area contributed by atoms with Crippen LogP contribution in [0.2, 0.25) is 0 Å². The SMILES string of the molecule is CC(O)C(N)CNC(=O)c1ccc([N+](=O)[O-])s1. The number of hydrogen-bond donors (Lipinski definition) is 3. The van der Waals surface area contributed by atoms with Gasteiger partial charge in [-0.15, -0.1) is 0 Å². The van der Waals surface area contributed by atoms with Crippen LogP contribution in [0.3, 0.4) is 0 Å². The Hall–Kier alpha value is -1.51. The number of nitrogens with two attached hydrogens (primary N) is 1. The van der Waals surface area contributed by atoms with Crippen LogP contribution in [0.5, 0.6) is 0 Å². The number of hydrogen-bond acceptors (Lipinski definition) is 6. The van der Waals surface area contributed by atoms with Gasteiger partial charge in [-0.3, -0.25) is 14.9 Å². The molecule has 0 aromatic carbocycles. The Labute approximate surface area is 101 Å². The van der Waals surface area contributed by atoms with E-state index in [0.717, 1.165) is 11.3 Å². The van der Waals surface area contributed by atoms with Crippen LogP contribution in [0.15, 0.2) is 12.1 Å². The molecule has 0 fully saturated rings. The van der Waals surface area contributed by atoms with Crippen LogP contribution in [0.1, 0.15) is 16.6 Å². The summed E-state index contributed by atoms with van der Waals surface area (Å²) in [4.78, 5) is 21.7. The predicted molar refractivity (Wildman–Crippen MR) is 63.0 cm³/mol. The Balaban J connectivity index is 2.55. The van der Waals surface area contributed by atoms with E-state index < -0.39 is 23.0 Å². The first-order valence-corrected chi connectivity index (χ1v) is 5.69. The number of aliphatic hydroxyl groups is 1. The summed E-state index contributed by atoms with van der Waals surface area (Å²) < 4.78 is 0. The third-order valence-corrected chi connectivity index (χ3v) is 3.15. The number of nitrogens with zero attached hydrogens (tertiary/aromatic N) is 1. The molecule has 0 saturated carbocycles. The molecule has 1 rings (SSSR count). The molecule has 0 aliphatic rings. The Morgan fingerprint density at radius 1 is 1.71 bits per heavy atom. The van der Waals surface area contributed by atoms with E-state index >= 15 is 0 Å². The fourth-order valence-corrected chi connectivity index (χ4v) is 1.75. The van der Waals surface area contributed by atoms with Crippen LogP contribution in [0.4, 0.5) is 5.00 Å². The largest absolute Gasteiger partial charge is 0.392 e. The van der Waals surface area contributed by atoms with Crippen molar-refractivity contribution in [3.63, 3.8) is 0 Å². The van der Waals surface area contributed by atoms with Crippen LogP contribution in [0.25, 0.3) is 0 Å². The van der Waals surface area contributed by atoms with E-state index in [4.69, 9.17) is 10.8 Å². The summed E-state index contributed by atoms with van der Waals surface area (Å²) in [5.41, 5.74) is 5.53. The number of carbonyl (C=O) groups is 1. The molecule has 1 heterocycles. The molecule has 0 aliphatic carbocycles. The number of aliphatic hydroxyl groups excluding tert-OH is 1. The molecule has 0 spiro atoms. The highest BCUT2D eigenvalue weighted by molar-refractivity contribution is 7.17. The third-order valence-electron chi connectivity index (χ3n) is 2.11. The van der Waals surface area contributed by atoms with Crippen molar-refractivity contribution < 1.29 is 14.8 Å². The van der Waals surface area contributed by atoms with Crippen molar-refractivity contribution in [3.8, 4) is 0 Å². The van der Waals surface area contributed by atoms with Crippen molar-refractivity contribution in [2.24, 2.45) is 5.73 Å². The topological polar surface area (TPSA) is 118 Å². The molecule has 7 nitrogen and oxygen atoms in total. The maximum atomic E-state index is 11.5. The van der Waals surface area contributed by atoms with E-state index in [9.17, 15) is 14.9 Å². The van der Waals surface area contributed by atoms with Crippen molar-refractivity contribution >= 4 is 22.2 Å². The second-order valence-corrected chi connectivity index (χ2v) is 4.57. The third kappa shape index (κ3) is 3.77. The lowest BCUT2D eigenvalue weighted by Gasteiger charge is -2.14. The van der Waals surface area contributed by atoms with Gasteiger partial charge in [0.1, 0.15) is 0 Å². The lowest BCUT2D eigenvalue weighted by atomic mass is 10.2. The summed E-state index contributed by atoms with van der Waals surface area (Å²) in [7, 11) is 0. The molecule has 2 atom stereocenters. The maximum Gasteiger partial charge on any atom is 0.324 e. The minimum Gasteiger partial charge on any atom is -0.392 e. The number of nitrogens with one attached hydrogen (secondary N) is 1. The highest BCUT2D eigenvalue weighted by Crippen LogP contribution is 2.23. The lowest BCUT2D eigenvalue weighted by molar-refractivity contribution is -0.380. The van der Waals surface area contributed by atoms with Crippen molar-refractivity contribution in [3.05, 3.63) is 27.1 Å². The highest BCUT2D eigenvalue weighted by atomic mass is 32.1. The van der Waals surface area contributed by atoms with E-state index in [-0.39, 0.29) is 16.4 Å². The molecule has 0 bridgehead atoms. The molecule has 4 N–H and O–H groups in total. The van der Waals surface area contributed by atoms with Crippen LogP contribution in [0, 0.1) is 10.1 Å². The van der Waals surface area contributed by atoms with Gasteiger partial charge in [0.2, 0.25) is 0 Å². The van der Waals surface area contributed by atoms with Crippen LogP contribution < -0.4 is 11.1 Å². The smallest absolute Gasteiger partial charge is 0.324 e. The van der Waals surface area contributed by atoms with Crippen molar-refractivity contribution in [2.75, 3.05) is 6.54 Å². The van der Waals surface area contributed by atoms with E-state index in [2.05, 4.69) is 5.32 Å². The molecule has 94 valence electrons. The summed E-state index contributed by atoms with van der Waals surface area (Å²) in [5, 5.41) is 21.9. The average Bonchev–Trinajstić information content (AvgIpc) is 2.74. The van der Waals surface area contributed by atoms with Crippen molar-refractivity contribution in [2.45, 2.75) is 19.1 Å². The normalized spacial score (nSPS) is 14.1. The molecule has 1 aromatic heterocycles. The zero-order valence-corrected chi connectivity index (χ0v) is 9.94. The number of amides is 1. The van der Waals surface area contributed by atoms with Gasteiger partial charge in [0, 0.05) is 18.7 Å². The average molecular weight is 259 g/mol. The molecule has 2 unspecified atom stereocenters. The zero-order chi connectivity index (χ0) is 13.0. The number of thiophene rings is 1. The van der Waals surface area contributed by atoms with Crippen molar-refractivity contribution in [1.82, 2.24) is 5.32 Å². The molecule has 0 radical (unpaired) electrons. The van der Waals surface area contributed by atoms with Gasteiger partial charge in [-0.05, 0) is 13.0 Å². The zero-order valence-electron chi connectivity index (χ0n) is 9.12. The summed E-state index contributed by atoms with van der Waals surface area (Å²) in [5.74, 6) is -0.431. The monoisotopic (exact) mass is 259 g/mol. The molecule has 0 saturated heterocycles.